The first kappa shape index (κ1) is 7.55. The van der Waals surface area contributed by atoms with Crippen molar-refractivity contribution in [3.05, 3.63) is 28.0 Å². The van der Waals surface area contributed by atoms with Crippen molar-refractivity contribution in [1.29, 1.82) is 0 Å². The zero-order chi connectivity index (χ0) is 8.72. The molecule has 1 aromatic rings. The summed E-state index contributed by atoms with van der Waals surface area (Å²) in [6.45, 7) is 2.20. The van der Waals surface area contributed by atoms with E-state index in [1.54, 1.807) is 6.20 Å². The van der Waals surface area contributed by atoms with Crippen LogP contribution in [0.2, 0.25) is 5.15 Å². The average Bonchev–Trinajstić information content (AvgIpc) is 2.42. The Hall–Kier alpha value is -1.09. The third-order valence-corrected chi connectivity index (χ3v) is 2.19. The molecule has 0 saturated heterocycles. The standard InChI is InChI=1S/C8H6ClNO2/c1-4-2-10-7(9)6-5(4)3-12-8(6)11/h2H,3H2,1H3. The molecule has 0 radical (unpaired) electrons. The molecular weight excluding hydrogens is 178 g/mol. The largest absolute Gasteiger partial charge is 0.457 e. The lowest BCUT2D eigenvalue weighted by Gasteiger charge is -1.99. The fourth-order valence-electron chi connectivity index (χ4n) is 1.22. The van der Waals surface area contributed by atoms with Crippen molar-refractivity contribution < 1.29 is 9.53 Å². The van der Waals surface area contributed by atoms with Gasteiger partial charge in [-0.15, -0.1) is 0 Å². The van der Waals surface area contributed by atoms with Crippen molar-refractivity contribution in [2.75, 3.05) is 0 Å². The number of pyridine rings is 1. The van der Waals surface area contributed by atoms with Gasteiger partial charge in [-0.05, 0) is 12.5 Å². The predicted molar refractivity (Wildman–Crippen MR) is 43.1 cm³/mol. The van der Waals surface area contributed by atoms with E-state index < -0.39 is 0 Å². The second kappa shape index (κ2) is 2.45. The highest BCUT2D eigenvalue weighted by Crippen LogP contribution is 2.27. The molecule has 4 heteroatoms. The number of aryl methyl sites for hydroxylation is 1. The van der Waals surface area contributed by atoms with E-state index in [1.165, 1.54) is 0 Å². The Labute approximate surface area is 74.3 Å². The summed E-state index contributed by atoms with van der Waals surface area (Å²) >= 11 is 5.72. The minimum atomic E-state index is -0.369. The first-order valence-corrected chi connectivity index (χ1v) is 3.89. The van der Waals surface area contributed by atoms with Gasteiger partial charge in [-0.2, -0.15) is 0 Å². The number of fused-ring (bicyclic) bond motifs is 1. The fraction of sp³-hybridized carbons (Fsp3) is 0.250. The number of hydrogen-bond acceptors (Lipinski definition) is 3. The van der Waals surface area contributed by atoms with Crippen LogP contribution >= 0.6 is 11.6 Å². The molecule has 0 spiro atoms. The number of hydrogen-bond donors (Lipinski definition) is 0. The molecule has 0 N–H and O–H groups in total. The van der Waals surface area contributed by atoms with Crippen LogP contribution in [0.4, 0.5) is 0 Å². The van der Waals surface area contributed by atoms with Gasteiger partial charge in [-0.3, -0.25) is 0 Å². The van der Waals surface area contributed by atoms with E-state index in [1.807, 2.05) is 6.92 Å². The van der Waals surface area contributed by atoms with Crippen LogP contribution in [0.25, 0.3) is 0 Å². The lowest BCUT2D eigenvalue weighted by atomic mass is 10.1. The highest BCUT2D eigenvalue weighted by atomic mass is 35.5. The second-order valence-electron chi connectivity index (χ2n) is 2.66. The van der Waals surface area contributed by atoms with Crippen LogP contribution in [-0.4, -0.2) is 11.0 Å². The van der Waals surface area contributed by atoms with Gasteiger partial charge in [-0.25, -0.2) is 9.78 Å². The van der Waals surface area contributed by atoms with Gasteiger partial charge < -0.3 is 4.74 Å². The predicted octanol–water partition coefficient (Wildman–Crippen LogP) is 1.71. The summed E-state index contributed by atoms with van der Waals surface area (Å²) in [5.41, 5.74) is 2.23. The van der Waals surface area contributed by atoms with Gasteiger partial charge >= 0.3 is 5.97 Å². The maximum Gasteiger partial charge on any atom is 0.342 e. The van der Waals surface area contributed by atoms with Gasteiger partial charge in [0.05, 0.1) is 0 Å². The van der Waals surface area contributed by atoms with Crippen LogP contribution in [-0.2, 0) is 11.3 Å². The molecule has 0 saturated carbocycles. The van der Waals surface area contributed by atoms with E-state index in [0.717, 1.165) is 11.1 Å². The van der Waals surface area contributed by atoms with Gasteiger partial charge in [0.2, 0.25) is 0 Å². The number of esters is 1. The number of ether oxygens (including phenoxy) is 1. The molecule has 62 valence electrons. The third-order valence-electron chi connectivity index (χ3n) is 1.91. The molecule has 0 aromatic carbocycles. The van der Waals surface area contributed by atoms with Crippen molar-refractivity contribution in [2.45, 2.75) is 13.5 Å². The molecule has 1 aliphatic heterocycles. The van der Waals surface area contributed by atoms with Crippen molar-refractivity contribution >= 4 is 17.6 Å². The fourth-order valence-corrected chi connectivity index (χ4v) is 1.46. The molecule has 0 fully saturated rings. The summed E-state index contributed by atoms with van der Waals surface area (Å²) < 4.78 is 4.82. The lowest BCUT2D eigenvalue weighted by Crippen LogP contribution is -1.97. The number of rotatable bonds is 0. The minimum Gasteiger partial charge on any atom is -0.457 e. The molecule has 2 rings (SSSR count). The maximum atomic E-state index is 11.1. The summed E-state index contributed by atoms with van der Waals surface area (Å²) in [6.07, 6.45) is 1.64. The minimum absolute atomic E-state index is 0.234. The molecule has 0 bridgehead atoms. The Kier molecular flexibility index (Phi) is 1.54. The molecule has 3 nitrogen and oxygen atoms in total. The third kappa shape index (κ3) is 0.898. The highest BCUT2D eigenvalue weighted by molar-refractivity contribution is 6.32. The maximum absolute atomic E-state index is 11.1. The smallest absolute Gasteiger partial charge is 0.342 e. The molecule has 0 aliphatic carbocycles. The molecule has 0 atom stereocenters. The van der Waals surface area contributed by atoms with Gasteiger partial charge in [0.15, 0.2) is 0 Å². The van der Waals surface area contributed by atoms with Crippen LogP contribution in [0, 0.1) is 6.92 Å². The summed E-state index contributed by atoms with van der Waals surface area (Å²) in [5.74, 6) is -0.369. The van der Waals surface area contributed by atoms with E-state index in [4.69, 9.17) is 16.3 Å². The lowest BCUT2D eigenvalue weighted by molar-refractivity contribution is 0.0535. The normalized spacial score (nSPS) is 14.3. The van der Waals surface area contributed by atoms with Gasteiger partial charge in [0.1, 0.15) is 17.3 Å². The molecule has 0 amide bonds. The molecule has 1 aliphatic rings. The Balaban J connectivity index is 2.72. The molecule has 0 unspecified atom stereocenters. The Morgan fingerprint density at radius 3 is 3.08 bits per heavy atom. The van der Waals surface area contributed by atoms with Crippen LogP contribution in [0.15, 0.2) is 6.20 Å². The number of nitrogens with zero attached hydrogens (tertiary/aromatic N) is 1. The van der Waals surface area contributed by atoms with Gasteiger partial charge in [0.25, 0.3) is 0 Å². The summed E-state index contributed by atoms with van der Waals surface area (Å²) in [7, 11) is 0. The zero-order valence-corrected chi connectivity index (χ0v) is 7.18. The Morgan fingerprint density at radius 1 is 1.67 bits per heavy atom. The van der Waals surface area contributed by atoms with Crippen LogP contribution in [0.1, 0.15) is 21.5 Å². The van der Waals surface area contributed by atoms with Crippen LogP contribution < -0.4 is 0 Å². The van der Waals surface area contributed by atoms with Gasteiger partial charge in [-0.1, -0.05) is 11.6 Å². The Morgan fingerprint density at radius 2 is 2.42 bits per heavy atom. The summed E-state index contributed by atoms with van der Waals surface area (Å²) in [5, 5.41) is 0.234. The van der Waals surface area contributed by atoms with Crippen molar-refractivity contribution in [1.82, 2.24) is 4.98 Å². The Bertz CT molecular complexity index is 362. The highest BCUT2D eigenvalue weighted by Gasteiger charge is 2.26. The molecular formula is C8H6ClNO2. The van der Waals surface area contributed by atoms with E-state index in [9.17, 15) is 4.79 Å². The van der Waals surface area contributed by atoms with Gasteiger partial charge in [0, 0.05) is 11.8 Å². The first-order valence-electron chi connectivity index (χ1n) is 3.51. The number of halogens is 1. The van der Waals surface area contributed by atoms with E-state index in [-0.39, 0.29) is 11.1 Å². The zero-order valence-electron chi connectivity index (χ0n) is 6.43. The number of carbonyl (C=O) groups is 1. The molecule has 2 heterocycles. The van der Waals surface area contributed by atoms with E-state index >= 15 is 0 Å². The number of carbonyl (C=O) groups excluding carboxylic acids is 1. The molecule has 1 aromatic heterocycles. The average molecular weight is 184 g/mol. The van der Waals surface area contributed by atoms with E-state index in [0.29, 0.717) is 12.2 Å². The summed E-state index contributed by atoms with van der Waals surface area (Å²) in [6, 6.07) is 0. The van der Waals surface area contributed by atoms with Crippen LogP contribution in [0.5, 0.6) is 0 Å². The van der Waals surface area contributed by atoms with Crippen molar-refractivity contribution in [3.63, 3.8) is 0 Å². The van der Waals surface area contributed by atoms with Crippen molar-refractivity contribution in [3.8, 4) is 0 Å². The second-order valence-corrected chi connectivity index (χ2v) is 3.02. The number of cyclic esters (lactones) is 1. The quantitative estimate of drug-likeness (QED) is 0.454. The first-order chi connectivity index (χ1) is 5.70. The van der Waals surface area contributed by atoms with Crippen LogP contribution in [0.3, 0.4) is 0 Å². The van der Waals surface area contributed by atoms with Crippen molar-refractivity contribution in [2.24, 2.45) is 0 Å². The summed E-state index contributed by atoms with van der Waals surface area (Å²) in [4.78, 5) is 15.0. The number of aromatic nitrogens is 1. The molecule has 12 heavy (non-hydrogen) atoms. The van der Waals surface area contributed by atoms with E-state index in [2.05, 4.69) is 4.98 Å². The topological polar surface area (TPSA) is 39.2 Å². The monoisotopic (exact) mass is 183 g/mol. The SMILES string of the molecule is Cc1cnc(Cl)c2c1COC2=O.